The molecular formula is C33H31F3N4O6S. The minimum atomic E-state index is -5.09. The van der Waals surface area contributed by atoms with Gasteiger partial charge in [0.05, 0.1) is 22.3 Å². The normalized spacial score (nSPS) is 12.0. The molecule has 0 spiro atoms. The fourth-order valence-electron chi connectivity index (χ4n) is 5.19. The number of carbonyl (C=O) groups excluding carboxylic acids is 1. The number of sulfonamides is 1. The smallest absolute Gasteiger partial charge is 0.355 e. The summed E-state index contributed by atoms with van der Waals surface area (Å²) in [5.74, 6) is -7.55. The summed E-state index contributed by atoms with van der Waals surface area (Å²) in [4.78, 5) is 43.1. The summed E-state index contributed by atoms with van der Waals surface area (Å²) in [6, 6.07) is 15.8. The number of fused-ring (bicyclic) bond motifs is 2. The number of amides is 1. The molecule has 3 N–H and O–H groups in total. The van der Waals surface area contributed by atoms with Crippen LogP contribution in [-0.4, -0.2) is 46.8 Å². The van der Waals surface area contributed by atoms with Gasteiger partial charge in [-0.05, 0) is 53.8 Å². The van der Waals surface area contributed by atoms with Crippen molar-refractivity contribution in [3.05, 3.63) is 106 Å². The van der Waals surface area contributed by atoms with E-state index in [-0.39, 0.29) is 17.5 Å². The van der Waals surface area contributed by atoms with Crippen LogP contribution in [0.5, 0.6) is 0 Å². The first-order valence-electron chi connectivity index (χ1n) is 14.4. The number of carbonyl (C=O) groups is 2. The van der Waals surface area contributed by atoms with Crippen LogP contribution in [0.1, 0.15) is 35.3 Å². The SMILES string of the molecule is CC.Cc1cc(NS(=O)(=O)C(F)F)cc(F)c1C(=O)N[C@@H](Cc1ccc(-c2cc3ccccc3n(C)c2=O)c2ncccc12)C(=O)O. The van der Waals surface area contributed by atoms with Gasteiger partial charge in [0.2, 0.25) is 0 Å². The summed E-state index contributed by atoms with van der Waals surface area (Å²) in [6.45, 7) is 5.24. The largest absolute Gasteiger partial charge is 0.480 e. The van der Waals surface area contributed by atoms with Crippen molar-refractivity contribution in [3.63, 3.8) is 0 Å². The third kappa shape index (κ3) is 7.12. The van der Waals surface area contributed by atoms with E-state index >= 15 is 0 Å². The molecule has 0 saturated carbocycles. The fourth-order valence-corrected chi connectivity index (χ4v) is 5.73. The van der Waals surface area contributed by atoms with Gasteiger partial charge in [-0.15, -0.1) is 0 Å². The Kier molecular flexibility index (Phi) is 10.3. The number of anilines is 1. The molecule has 0 fully saturated rings. The van der Waals surface area contributed by atoms with E-state index in [2.05, 4.69) is 10.3 Å². The van der Waals surface area contributed by atoms with Crippen molar-refractivity contribution in [1.29, 1.82) is 0 Å². The van der Waals surface area contributed by atoms with Gasteiger partial charge in [0.25, 0.3) is 21.5 Å². The van der Waals surface area contributed by atoms with Crippen molar-refractivity contribution in [3.8, 4) is 11.1 Å². The first kappa shape index (κ1) is 34.6. The lowest BCUT2D eigenvalue weighted by Gasteiger charge is -2.18. The highest BCUT2D eigenvalue weighted by Crippen LogP contribution is 2.30. The van der Waals surface area contributed by atoms with E-state index in [9.17, 15) is 41.1 Å². The molecular weight excluding hydrogens is 637 g/mol. The molecule has 14 heteroatoms. The standard InChI is InChI=1S/C31H25F3N4O6S.C2H6/c1-16-12-19(37-45(43,44)31(33)34)15-23(32)26(16)28(39)36-24(30(41)42)14-17-9-10-21(27-20(17)7-5-11-35-27)22-13-18-6-3-4-8-25(18)38(2)29(22)40;1-2/h3-13,15,24,31,37H,14H2,1-2H3,(H,36,39)(H,41,42);1-2H3/t24-;/m0./s1. The maximum atomic E-state index is 14.9. The van der Waals surface area contributed by atoms with Crippen molar-refractivity contribution < 1.29 is 36.3 Å². The molecule has 0 radical (unpaired) electrons. The zero-order valence-corrected chi connectivity index (χ0v) is 26.5. The maximum Gasteiger partial charge on any atom is 0.355 e. The summed E-state index contributed by atoms with van der Waals surface area (Å²) in [6.07, 6.45) is 1.29. The third-order valence-electron chi connectivity index (χ3n) is 7.32. The number of rotatable bonds is 9. The summed E-state index contributed by atoms with van der Waals surface area (Å²) in [5.41, 5.74) is 1.07. The van der Waals surface area contributed by atoms with Crippen LogP contribution in [0.4, 0.5) is 18.9 Å². The molecule has 2 aromatic heterocycles. The molecule has 1 atom stereocenters. The van der Waals surface area contributed by atoms with Gasteiger partial charge in [0.15, 0.2) is 0 Å². The number of carboxylic acid groups (broad SMARTS) is 1. The second-order valence-corrected chi connectivity index (χ2v) is 11.9. The lowest BCUT2D eigenvalue weighted by Crippen LogP contribution is -2.43. The van der Waals surface area contributed by atoms with Crippen molar-refractivity contribution in [2.24, 2.45) is 7.05 Å². The number of alkyl halides is 2. The second-order valence-electron chi connectivity index (χ2n) is 10.3. The van der Waals surface area contributed by atoms with Gasteiger partial charge < -0.3 is 15.0 Å². The lowest BCUT2D eigenvalue weighted by atomic mass is 9.95. The Morgan fingerprint density at radius 1 is 1.00 bits per heavy atom. The number of aryl methyl sites for hydroxylation is 2. The monoisotopic (exact) mass is 668 g/mol. The fraction of sp³-hybridized carbons (Fsp3) is 0.212. The number of hydrogen-bond donors (Lipinski definition) is 3. The zero-order chi connectivity index (χ0) is 34.6. The van der Waals surface area contributed by atoms with Crippen molar-refractivity contribution >= 4 is 49.4 Å². The minimum Gasteiger partial charge on any atom is -0.480 e. The third-order valence-corrected chi connectivity index (χ3v) is 8.31. The van der Waals surface area contributed by atoms with Crippen LogP contribution in [-0.2, 0) is 28.3 Å². The Bertz CT molecular complexity index is 2150. The number of carboxylic acids is 1. The van der Waals surface area contributed by atoms with E-state index in [0.29, 0.717) is 33.7 Å². The predicted molar refractivity (Wildman–Crippen MR) is 174 cm³/mol. The van der Waals surface area contributed by atoms with Crippen molar-refractivity contribution in [2.45, 2.75) is 39.0 Å². The van der Waals surface area contributed by atoms with Crippen LogP contribution in [0.15, 0.2) is 77.7 Å². The lowest BCUT2D eigenvalue weighted by molar-refractivity contribution is -0.139. The van der Waals surface area contributed by atoms with Gasteiger partial charge in [0, 0.05) is 36.2 Å². The Morgan fingerprint density at radius 2 is 1.70 bits per heavy atom. The van der Waals surface area contributed by atoms with E-state index in [0.717, 1.165) is 17.0 Å². The molecule has 0 aliphatic heterocycles. The number of halogens is 3. The van der Waals surface area contributed by atoms with Gasteiger partial charge in [-0.1, -0.05) is 50.2 Å². The Morgan fingerprint density at radius 3 is 2.36 bits per heavy atom. The number of pyridine rings is 2. The molecule has 0 bridgehead atoms. The van der Waals surface area contributed by atoms with E-state index in [1.165, 1.54) is 22.4 Å². The van der Waals surface area contributed by atoms with E-state index in [1.54, 1.807) is 37.4 Å². The highest BCUT2D eigenvalue weighted by atomic mass is 32.2. The van der Waals surface area contributed by atoms with Crippen LogP contribution in [0.25, 0.3) is 32.9 Å². The summed E-state index contributed by atoms with van der Waals surface area (Å²) in [5, 5.41) is 13.6. The average Bonchev–Trinajstić information content (AvgIpc) is 3.03. The first-order chi connectivity index (χ1) is 22.3. The van der Waals surface area contributed by atoms with Gasteiger partial charge in [-0.2, -0.15) is 8.78 Å². The number of benzene rings is 3. The number of hydrogen-bond acceptors (Lipinski definition) is 6. The number of nitrogens with zero attached hydrogens (tertiary/aromatic N) is 2. The highest BCUT2D eigenvalue weighted by Gasteiger charge is 2.28. The van der Waals surface area contributed by atoms with E-state index in [1.807, 2.05) is 38.1 Å². The van der Waals surface area contributed by atoms with E-state index < -0.39 is 50.8 Å². The molecule has 2 heterocycles. The van der Waals surface area contributed by atoms with Crippen LogP contribution < -0.4 is 15.6 Å². The number of para-hydroxylation sites is 1. The quantitative estimate of drug-likeness (QED) is 0.185. The highest BCUT2D eigenvalue weighted by molar-refractivity contribution is 7.93. The Labute approximate surface area is 267 Å². The van der Waals surface area contributed by atoms with Gasteiger partial charge in [0.1, 0.15) is 11.9 Å². The van der Waals surface area contributed by atoms with Crippen molar-refractivity contribution in [1.82, 2.24) is 14.9 Å². The van der Waals surface area contributed by atoms with Crippen LogP contribution in [0.3, 0.4) is 0 Å². The molecule has 5 rings (SSSR count). The zero-order valence-electron chi connectivity index (χ0n) is 25.7. The maximum absolute atomic E-state index is 14.9. The molecule has 0 saturated heterocycles. The molecule has 1 amide bonds. The Hall–Kier alpha value is -5.24. The number of aromatic nitrogens is 2. The predicted octanol–water partition coefficient (Wildman–Crippen LogP) is 5.62. The van der Waals surface area contributed by atoms with Crippen LogP contribution in [0, 0.1) is 12.7 Å². The molecule has 0 aliphatic rings. The number of aliphatic carboxylic acids is 1. The topological polar surface area (TPSA) is 147 Å². The molecule has 246 valence electrons. The summed E-state index contributed by atoms with van der Waals surface area (Å²) < 4.78 is 66.4. The van der Waals surface area contributed by atoms with Crippen LogP contribution >= 0.6 is 0 Å². The van der Waals surface area contributed by atoms with E-state index in [4.69, 9.17) is 0 Å². The first-order valence-corrected chi connectivity index (χ1v) is 15.9. The van der Waals surface area contributed by atoms with Crippen molar-refractivity contribution in [2.75, 3.05) is 4.72 Å². The summed E-state index contributed by atoms with van der Waals surface area (Å²) >= 11 is 0. The number of nitrogens with one attached hydrogen (secondary N) is 2. The summed E-state index contributed by atoms with van der Waals surface area (Å²) in [7, 11) is -3.42. The molecule has 3 aromatic carbocycles. The second kappa shape index (κ2) is 14.0. The average molecular weight is 669 g/mol. The van der Waals surface area contributed by atoms with Crippen LogP contribution in [0.2, 0.25) is 0 Å². The Balaban J connectivity index is 0.00000245. The molecule has 47 heavy (non-hydrogen) atoms. The molecule has 5 aromatic rings. The molecule has 0 unspecified atom stereocenters. The van der Waals surface area contributed by atoms with Gasteiger partial charge in [-0.25, -0.2) is 17.6 Å². The molecule has 10 nitrogen and oxygen atoms in total. The van der Waals surface area contributed by atoms with Gasteiger partial charge >= 0.3 is 11.7 Å². The molecule has 0 aliphatic carbocycles. The van der Waals surface area contributed by atoms with Gasteiger partial charge in [-0.3, -0.25) is 19.3 Å². The minimum absolute atomic E-state index is 0.125.